The molecule has 1 aliphatic heterocycles. The minimum Gasteiger partial charge on any atom is -0.492 e. The first-order valence-corrected chi connectivity index (χ1v) is 3.74. The number of halogens is 1. The van der Waals surface area contributed by atoms with Gasteiger partial charge in [0.25, 0.3) is 0 Å². The van der Waals surface area contributed by atoms with Crippen LogP contribution in [0.3, 0.4) is 0 Å². The number of nitrogens with two attached hydrogens (primary N) is 1. The summed E-state index contributed by atoms with van der Waals surface area (Å²) in [6.45, 7) is 0. The molecule has 76 valence electrons. The van der Waals surface area contributed by atoms with Crippen LogP contribution in [0.2, 0.25) is 0 Å². The molecule has 1 heterocycles. The Morgan fingerprint density at radius 1 is 1.29 bits per heavy atom. The highest BCUT2D eigenvalue weighted by atomic mass is 35.5. The van der Waals surface area contributed by atoms with Gasteiger partial charge in [0, 0.05) is 0 Å². The summed E-state index contributed by atoms with van der Waals surface area (Å²) in [4.78, 5) is 0. The normalized spacial score (nSPS) is 14.2. The Labute approximate surface area is 86.8 Å². The van der Waals surface area contributed by atoms with Crippen LogP contribution in [-0.4, -0.2) is 10.3 Å². The summed E-state index contributed by atoms with van der Waals surface area (Å²) < 4.78 is 0. The maximum atomic E-state index is 9.45. The third-order valence-electron chi connectivity index (χ3n) is 1.86. The van der Waals surface area contributed by atoms with Gasteiger partial charge >= 0.3 is 0 Å². The highest BCUT2D eigenvalue weighted by Gasteiger charge is 2.20. The molecule has 0 amide bonds. The van der Waals surface area contributed by atoms with Crippen molar-refractivity contribution in [3.63, 3.8) is 0 Å². The lowest BCUT2D eigenvalue weighted by Crippen LogP contribution is -2.31. The van der Waals surface area contributed by atoms with Gasteiger partial charge in [-0.1, -0.05) is 12.1 Å². The van der Waals surface area contributed by atoms with Gasteiger partial charge in [-0.3, -0.25) is 5.21 Å². The number of aliphatic hydroxyl groups is 1. The van der Waals surface area contributed by atoms with Crippen molar-refractivity contribution in [2.45, 2.75) is 0 Å². The lowest BCUT2D eigenvalue weighted by atomic mass is 10.2. The maximum Gasteiger partial charge on any atom is 0.233 e. The molecule has 0 spiro atoms. The van der Waals surface area contributed by atoms with E-state index >= 15 is 0 Å². The van der Waals surface area contributed by atoms with Crippen molar-refractivity contribution in [2.24, 2.45) is 5.73 Å². The number of para-hydroxylation sites is 2. The average Bonchev–Trinajstić information content (AvgIpc) is 2.15. The molecule has 0 aromatic heterocycles. The topological polar surface area (TPSA) is 81.8 Å². The van der Waals surface area contributed by atoms with E-state index in [9.17, 15) is 10.3 Å². The van der Waals surface area contributed by atoms with Gasteiger partial charge in [-0.25, -0.2) is 5.06 Å². The van der Waals surface area contributed by atoms with Gasteiger partial charge in [0.1, 0.15) is 0 Å². The number of nitrogens with zero attached hydrogens (tertiary/aromatic N) is 1. The predicted molar refractivity (Wildman–Crippen MR) is 55.4 cm³/mol. The van der Waals surface area contributed by atoms with E-state index in [1.54, 1.807) is 24.3 Å². The van der Waals surface area contributed by atoms with Crippen molar-refractivity contribution in [1.29, 1.82) is 0 Å². The number of anilines is 2. The molecule has 0 radical (unpaired) electrons. The molecule has 0 saturated heterocycles. The van der Waals surface area contributed by atoms with E-state index in [4.69, 9.17) is 5.73 Å². The lowest BCUT2D eigenvalue weighted by Gasteiger charge is -2.25. The van der Waals surface area contributed by atoms with E-state index in [0.717, 1.165) is 5.06 Å². The number of nitrogens with one attached hydrogen (secondary N) is 1. The Hall–Kier alpha value is -1.59. The van der Waals surface area contributed by atoms with Crippen molar-refractivity contribution in [3.8, 4) is 0 Å². The molecule has 5 N–H and O–H groups in total. The Morgan fingerprint density at radius 3 is 2.64 bits per heavy atom. The van der Waals surface area contributed by atoms with Crippen LogP contribution in [0.5, 0.6) is 0 Å². The summed E-state index contributed by atoms with van der Waals surface area (Å²) in [7, 11) is 0. The van der Waals surface area contributed by atoms with E-state index in [-0.39, 0.29) is 24.1 Å². The molecular weight excluding hydrogens is 206 g/mol. The fourth-order valence-electron chi connectivity index (χ4n) is 1.19. The standard InChI is InChI=1S/C8H9N3O2.ClH/c9-7-8(12)10-5-3-1-2-4-6(5)11(7)13;/h1-4,10,12-13H,9H2;1H. The van der Waals surface area contributed by atoms with Gasteiger partial charge in [0.15, 0.2) is 5.82 Å². The average molecular weight is 216 g/mol. The molecule has 0 aliphatic carbocycles. The van der Waals surface area contributed by atoms with Gasteiger partial charge in [-0.05, 0) is 12.1 Å². The Bertz CT molecular complexity index is 381. The molecule has 5 nitrogen and oxygen atoms in total. The fourth-order valence-corrected chi connectivity index (χ4v) is 1.19. The van der Waals surface area contributed by atoms with Gasteiger partial charge in [-0.2, -0.15) is 0 Å². The zero-order chi connectivity index (χ0) is 9.42. The highest BCUT2D eigenvalue weighted by molar-refractivity contribution is 5.85. The predicted octanol–water partition coefficient (Wildman–Crippen LogP) is 1.37. The van der Waals surface area contributed by atoms with Crippen molar-refractivity contribution < 1.29 is 10.3 Å². The highest BCUT2D eigenvalue weighted by Crippen LogP contribution is 2.30. The summed E-state index contributed by atoms with van der Waals surface area (Å²) in [6, 6.07) is 6.96. The van der Waals surface area contributed by atoms with Crippen molar-refractivity contribution in [2.75, 3.05) is 10.4 Å². The zero-order valence-electron chi connectivity index (χ0n) is 7.14. The van der Waals surface area contributed by atoms with Gasteiger partial charge in [-0.15, -0.1) is 12.4 Å². The van der Waals surface area contributed by atoms with Crippen LogP contribution in [-0.2, 0) is 0 Å². The third-order valence-corrected chi connectivity index (χ3v) is 1.86. The minimum absolute atomic E-state index is 0. The Balaban J connectivity index is 0.000000980. The Morgan fingerprint density at radius 2 is 1.93 bits per heavy atom. The quantitative estimate of drug-likeness (QED) is 0.526. The molecule has 1 aliphatic rings. The van der Waals surface area contributed by atoms with Crippen LogP contribution in [0.25, 0.3) is 0 Å². The molecule has 0 bridgehead atoms. The zero-order valence-corrected chi connectivity index (χ0v) is 7.95. The van der Waals surface area contributed by atoms with Gasteiger partial charge in [0.05, 0.1) is 11.4 Å². The number of hydroxylamine groups is 1. The molecule has 14 heavy (non-hydrogen) atoms. The van der Waals surface area contributed by atoms with E-state index in [0.29, 0.717) is 11.4 Å². The van der Waals surface area contributed by atoms with Crippen molar-refractivity contribution in [1.82, 2.24) is 0 Å². The van der Waals surface area contributed by atoms with E-state index in [2.05, 4.69) is 5.32 Å². The molecular formula is C8H10ClN3O2. The molecule has 1 aromatic carbocycles. The van der Waals surface area contributed by atoms with Crippen LogP contribution in [0.4, 0.5) is 11.4 Å². The number of rotatable bonds is 0. The van der Waals surface area contributed by atoms with Crippen LogP contribution >= 0.6 is 12.4 Å². The second-order valence-corrected chi connectivity index (χ2v) is 2.69. The molecule has 0 saturated carbocycles. The summed E-state index contributed by atoms with van der Waals surface area (Å²) in [5.74, 6) is -0.361. The summed E-state index contributed by atoms with van der Waals surface area (Å²) >= 11 is 0. The SMILES string of the molecule is Cl.NC1=C(O)Nc2ccccc2N1O. The van der Waals surface area contributed by atoms with Crippen molar-refractivity contribution in [3.05, 3.63) is 36.0 Å². The second-order valence-electron chi connectivity index (χ2n) is 2.69. The molecule has 1 aromatic rings. The summed E-state index contributed by atoms with van der Waals surface area (Å²) in [5, 5.41) is 22.1. The molecule has 0 fully saturated rings. The van der Waals surface area contributed by atoms with Gasteiger partial charge in [0.2, 0.25) is 5.88 Å². The summed E-state index contributed by atoms with van der Waals surface area (Å²) in [5.41, 5.74) is 6.50. The fraction of sp³-hybridized carbons (Fsp3) is 0. The number of fused-ring (bicyclic) bond motifs is 1. The van der Waals surface area contributed by atoms with Crippen molar-refractivity contribution >= 4 is 23.8 Å². The lowest BCUT2D eigenvalue weighted by molar-refractivity contribution is 0.267. The minimum atomic E-state index is -0.249. The first-order chi connectivity index (χ1) is 6.20. The number of hydrogen-bond donors (Lipinski definition) is 4. The number of benzene rings is 1. The monoisotopic (exact) mass is 215 g/mol. The van der Waals surface area contributed by atoms with Crippen LogP contribution in [0.15, 0.2) is 36.0 Å². The smallest absolute Gasteiger partial charge is 0.233 e. The molecule has 2 rings (SSSR count). The van der Waals surface area contributed by atoms with E-state index in [1.165, 1.54) is 0 Å². The van der Waals surface area contributed by atoms with E-state index < -0.39 is 0 Å². The van der Waals surface area contributed by atoms with Crippen LogP contribution < -0.4 is 16.1 Å². The van der Waals surface area contributed by atoms with Crippen LogP contribution in [0, 0.1) is 0 Å². The van der Waals surface area contributed by atoms with E-state index in [1.807, 2.05) is 0 Å². The second kappa shape index (κ2) is 3.65. The third kappa shape index (κ3) is 1.43. The Kier molecular flexibility index (Phi) is 2.73. The number of hydrogen-bond acceptors (Lipinski definition) is 5. The first-order valence-electron chi connectivity index (χ1n) is 3.74. The van der Waals surface area contributed by atoms with Gasteiger partial charge < -0.3 is 16.2 Å². The first kappa shape index (κ1) is 10.5. The largest absolute Gasteiger partial charge is 0.492 e. The summed E-state index contributed by atoms with van der Waals surface area (Å²) in [6.07, 6.45) is 0. The number of aliphatic hydroxyl groups excluding tert-OH is 1. The molecule has 0 unspecified atom stereocenters. The molecule has 0 atom stereocenters. The molecule has 6 heteroatoms. The maximum absolute atomic E-state index is 9.45. The van der Waals surface area contributed by atoms with Crippen LogP contribution in [0.1, 0.15) is 0 Å².